The van der Waals surface area contributed by atoms with E-state index in [4.69, 9.17) is 0 Å². The Kier molecular flexibility index (Phi) is 4.93. The fourth-order valence-electron chi connectivity index (χ4n) is 1.41. The number of halogens is 2. The minimum Gasteiger partial charge on any atom is -0.350 e. The van der Waals surface area contributed by atoms with Crippen LogP contribution in [-0.4, -0.2) is 17.3 Å². The monoisotopic (exact) mass is 287 g/mol. The van der Waals surface area contributed by atoms with Crippen LogP contribution in [0.1, 0.15) is 29.3 Å². The second-order valence-electron chi connectivity index (χ2n) is 3.87. The summed E-state index contributed by atoms with van der Waals surface area (Å²) in [7, 11) is 0. The van der Waals surface area contributed by atoms with E-state index < -0.39 is 0 Å². The lowest BCUT2D eigenvalue weighted by atomic mass is 10.1. The predicted molar refractivity (Wildman–Crippen MR) is 66.5 cm³/mol. The third kappa shape index (κ3) is 3.93. The quantitative estimate of drug-likeness (QED) is 0.848. The number of rotatable bonds is 4. The van der Waals surface area contributed by atoms with Crippen molar-refractivity contribution in [2.45, 2.75) is 26.3 Å². The normalized spacial score (nSPS) is 12.2. The first kappa shape index (κ1) is 13.2. The Labute approximate surface area is 103 Å². The molecular formula is C12H15BrFNO. The van der Waals surface area contributed by atoms with Crippen molar-refractivity contribution in [3.8, 4) is 0 Å². The summed E-state index contributed by atoms with van der Waals surface area (Å²) in [5.74, 6) is -0.602. The molecule has 0 fully saturated rings. The number of amides is 1. The summed E-state index contributed by atoms with van der Waals surface area (Å²) in [4.78, 5) is 11.7. The second-order valence-corrected chi connectivity index (χ2v) is 4.66. The Balaban J connectivity index is 2.72. The molecule has 0 aliphatic carbocycles. The van der Waals surface area contributed by atoms with E-state index in [1.165, 1.54) is 12.1 Å². The van der Waals surface area contributed by atoms with Gasteiger partial charge in [-0.25, -0.2) is 4.39 Å². The number of hydrogen-bond donors (Lipinski definition) is 1. The van der Waals surface area contributed by atoms with Crippen LogP contribution < -0.4 is 5.32 Å². The molecule has 0 aliphatic heterocycles. The molecule has 1 amide bonds. The molecule has 0 saturated carbocycles. The van der Waals surface area contributed by atoms with Gasteiger partial charge in [-0.05, 0) is 44.0 Å². The smallest absolute Gasteiger partial charge is 0.251 e. The van der Waals surface area contributed by atoms with Gasteiger partial charge in [0, 0.05) is 16.9 Å². The Morgan fingerprint density at radius 2 is 2.19 bits per heavy atom. The second kappa shape index (κ2) is 5.99. The van der Waals surface area contributed by atoms with Crippen molar-refractivity contribution in [1.82, 2.24) is 5.32 Å². The van der Waals surface area contributed by atoms with E-state index >= 15 is 0 Å². The van der Waals surface area contributed by atoms with Crippen molar-refractivity contribution in [1.29, 1.82) is 0 Å². The van der Waals surface area contributed by atoms with Gasteiger partial charge in [-0.2, -0.15) is 0 Å². The van der Waals surface area contributed by atoms with Gasteiger partial charge in [-0.3, -0.25) is 4.79 Å². The number of carbonyl (C=O) groups excluding carboxylic acids is 1. The van der Waals surface area contributed by atoms with Crippen molar-refractivity contribution in [2.24, 2.45) is 0 Å². The molecule has 0 heterocycles. The molecule has 2 nitrogen and oxygen atoms in total. The van der Waals surface area contributed by atoms with Crippen LogP contribution in [0.4, 0.5) is 4.39 Å². The van der Waals surface area contributed by atoms with Crippen molar-refractivity contribution in [3.63, 3.8) is 0 Å². The molecule has 0 radical (unpaired) electrons. The maximum atomic E-state index is 13.1. The molecule has 4 heteroatoms. The largest absolute Gasteiger partial charge is 0.350 e. The highest BCUT2D eigenvalue weighted by Gasteiger charge is 2.10. The Bertz CT molecular complexity index is 361. The van der Waals surface area contributed by atoms with Gasteiger partial charge in [0.2, 0.25) is 0 Å². The van der Waals surface area contributed by atoms with Gasteiger partial charge in [0.05, 0.1) is 0 Å². The molecule has 16 heavy (non-hydrogen) atoms. The van der Waals surface area contributed by atoms with E-state index in [1.807, 2.05) is 6.92 Å². The zero-order valence-corrected chi connectivity index (χ0v) is 11.0. The molecule has 0 aromatic heterocycles. The maximum Gasteiger partial charge on any atom is 0.251 e. The van der Waals surface area contributed by atoms with Gasteiger partial charge in [-0.15, -0.1) is 0 Å². The molecule has 88 valence electrons. The zero-order valence-electron chi connectivity index (χ0n) is 9.39. The standard InChI is InChI=1S/C12H15BrFNO/c1-8-5-10(7-11(14)6-8)12(16)15-9(2)3-4-13/h5-7,9H,3-4H2,1-2H3,(H,15,16). The van der Waals surface area contributed by atoms with E-state index in [0.717, 1.165) is 17.3 Å². The number of benzene rings is 1. The first-order valence-corrected chi connectivity index (χ1v) is 6.29. The van der Waals surface area contributed by atoms with E-state index in [9.17, 15) is 9.18 Å². The summed E-state index contributed by atoms with van der Waals surface area (Å²) < 4.78 is 13.1. The van der Waals surface area contributed by atoms with Gasteiger partial charge < -0.3 is 5.32 Å². The molecule has 1 aromatic carbocycles. The van der Waals surface area contributed by atoms with E-state index in [-0.39, 0.29) is 17.8 Å². The van der Waals surface area contributed by atoms with Crippen LogP contribution in [0.25, 0.3) is 0 Å². The first-order valence-electron chi connectivity index (χ1n) is 5.17. The summed E-state index contributed by atoms with van der Waals surface area (Å²) in [5, 5.41) is 3.65. The summed E-state index contributed by atoms with van der Waals surface area (Å²) in [6, 6.07) is 4.41. The fraction of sp³-hybridized carbons (Fsp3) is 0.417. The molecule has 1 aromatic rings. The summed E-state index contributed by atoms with van der Waals surface area (Å²) >= 11 is 3.31. The van der Waals surface area contributed by atoms with Crippen molar-refractivity contribution >= 4 is 21.8 Å². The number of alkyl halides is 1. The molecule has 1 rings (SSSR count). The molecule has 0 bridgehead atoms. The number of nitrogens with one attached hydrogen (secondary N) is 1. The molecule has 1 atom stereocenters. The average Bonchev–Trinajstić information content (AvgIpc) is 2.16. The fourth-order valence-corrected chi connectivity index (χ4v) is 2.10. The maximum absolute atomic E-state index is 13.1. The van der Waals surface area contributed by atoms with Crippen LogP contribution >= 0.6 is 15.9 Å². The molecule has 0 saturated heterocycles. The van der Waals surface area contributed by atoms with E-state index in [0.29, 0.717) is 5.56 Å². The van der Waals surface area contributed by atoms with Crippen LogP contribution in [0.15, 0.2) is 18.2 Å². The van der Waals surface area contributed by atoms with Gasteiger partial charge in [0.1, 0.15) is 5.82 Å². The average molecular weight is 288 g/mol. The lowest BCUT2D eigenvalue weighted by molar-refractivity contribution is 0.0939. The van der Waals surface area contributed by atoms with Crippen molar-refractivity contribution in [3.05, 3.63) is 35.1 Å². The van der Waals surface area contributed by atoms with Crippen molar-refractivity contribution < 1.29 is 9.18 Å². The number of carbonyl (C=O) groups is 1. The summed E-state index contributed by atoms with van der Waals surface area (Å²) in [6.45, 7) is 3.69. The lowest BCUT2D eigenvalue weighted by Crippen LogP contribution is -2.32. The Morgan fingerprint density at radius 1 is 1.50 bits per heavy atom. The van der Waals surface area contributed by atoms with Crippen molar-refractivity contribution in [2.75, 3.05) is 5.33 Å². The highest BCUT2D eigenvalue weighted by Crippen LogP contribution is 2.09. The third-order valence-electron chi connectivity index (χ3n) is 2.22. The Morgan fingerprint density at radius 3 is 2.75 bits per heavy atom. The lowest BCUT2D eigenvalue weighted by Gasteiger charge is -2.12. The molecule has 0 aliphatic rings. The predicted octanol–water partition coefficient (Wildman–Crippen LogP) is 3.04. The van der Waals surface area contributed by atoms with Crippen LogP contribution in [0.3, 0.4) is 0 Å². The highest BCUT2D eigenvalue weighted by atomic mass is 79.9. The third-order valence-corrected chi connectivity index (χ3v) is 2.68. The summed E-state index contributed by atoms with van der Waals surface area (Å²) in [6.07, 6.45) is 0.847. The molecule has 1 N–H and O–H groups in total. The van der Waals surface area contributed by atoms with Crippen LogP contribution in [0, 0.1) is 12.7 Å². The van der Waals surface area contributed by atoms with Crippen LogP contribution in [0.2, 0.25) is 0 Å². The van der Waals surface area contributed by atoms with Gasteiger partial charge in [0.25, 0.3) is 5.91 Å². The van der Waals surface area contributed by atoms with E-state index in [2.05, 4.69) is 21.2 Å². The number of aryl methyl sites for hydroxylation is 1. The number of hydrogen-bond acceptors (Lipinski definition) is 1. The highest BCUT2D eigenvalue weighted by molar-refractivity contribution is 9.09. The van der Waals surface area contributed by atoms with Gasteiger partial charge >= 0.3 is 0 Å². The molecular weight excluding hydrogens is 273 g/mol. The first-order chi connectivity index (χ1) is 7.52. The molecule has 0 spiro atoms. The van der Waals surface area contributed by atoms with Gasteiger partial charge in [0.15, 0.2) is 0 Å². The molecule has 1 unspecified atom stereocenters. The van der Waals surface area contributed by atoms with Crippen LogP contribution in [-0.2, 0) is 0 Å². The Hall–Kier alpha value is -0.900. The minimum atomic E-state index is -0.377. The van der Waals surface area contributed by atoms with Crippen LogP contribution in [0.5, 0.6) is 0 Å². The minimum absolute atomic E-state index is 0.0791. The zero-order chi connectivity index (χ0) is 12.1. The SMILES string of the molecule is Cc1cc(F)cc(C(=O)NC(C)CCBr)c1. The van der Waals surface area contributed by atoms with E-state index in [1.54, 1.807) is 13.0 Å². The van der Waals surface area contributed by atoms with Gasteiger partial charge in [-0.1, -0.05) is 15.9 Å². The summed E-state index contributed by atoms with van der Waals surface area (Å²) in [5.41, 5.74) is 1.12. The topological polar surface area (TPSA) is 29.1 Å².